The van der Waals surface area contributed by atoms with Crippen LogP contribution < -0.4 is 10.1 Å². The van der Waals surface area contributed by atoms with Gasteiger partial charge in [-0.1, -0.05) is 11.8 Å². The van der Waals surface area contributed by atoms with Crippen molar-refractivity contribution in [3.63, 3.8) is 0 Å². The minimum atomic E-state index is -0.275. The zero-order valence-electron chi connectivity index (χ0n) is 18.8. The van der Waals surface area contributed by atoms with Gasteiger partial charge in [-0.3, -0.25) is 9.47 Å². The molecule has 4 aromatic rings. The molecule has 2 aromatic heterocycles. The number of nitrogens with one attached hydrogen (secondary N) is 1. The first-order valence-electron chi connectivity index (χ1n) is 10.3. The molecule has 0 amide bonds. The molecule has 0 spiro atoms. The molecule has 0 aliphatic heterocycles. The lowest BCUT2D eigenvalue weighted by Crippen LogP contribution is -2.20. The Hall–Kier alpha value is -2.95. The Labute approximate surface area is 200 Å². The maximum atomic E-state index is 13.5. The first kappa shape index (κ1) is 23.2. The van der Waals surface area contributed by atoms with Gasteiger partial charge in [0.05, 0.1) is 18.8 Å². The summed E-state index contributed by atoms with van der Waals surface area (Å²) < 4.78 is 20.7. The standard InChI is InChI=1S/C23H25FN6OS2/c1-15(29(2)3)21-27-28-23(30(21)19-9-5-16(24)6-10-19)33-14-18-13-32-22(26-18)25-17-7-11-20(31-4)12-8-17/h5-13,15H,14H2,1-4H3,(H,25,26)/t15-/m1/s1. The summed E-state index contributed by atoms with van der Waals surface area (Å²) in [5.41, 5.74) is 2.72. The van der Waals surface area contributed by atoms with Crippen LogP contribution in [0.3, 0.4) is 0 Å². The summed E-state index contributed by atoms with van der Waals surface area (Å²) in [4.78, 5) is 6.75. The molecule has 0 fully saturated rings. The molecule has 172 valence electrons. The number of aromatic nitrogens is 4. The number of benzene rings is 2. The van der Waals surface area contributed by atoms with E-state index >= 15 is 0 Å². The number of thiazole rings is 1. The lowest BCUT2D eigenvalue weighted by molar-refractivity contribution is 0.305. The Morgan fingerprint density at radius 3 is 2.52 bits per heavy atom. The van der Waals surface area contributed by atoms with Crippen molar-refractivity contribution in [1.29, 1.82) is 0 Å². The molecule has 4 rings (SSSR count). The normalized spacial score (nSPS) is 12.2. The van der Waals surface area contributed by atoms with E-state index in [9.17, 15) is 4.39 Å². The molecular formula is C23H25FN6OS2. The fourth-order valence-electron chi connectivity index (χ4n) is 3.08. The molecule has 2 heterocycles. The van der Waals surface area contributed by atoms with Crippen molar-refractivity contribution in [3.05, 3.63) is 71.2 Å². The van der Waals surface area contributed by atoms with Crippen LogP contribution in [0, 0.1) is 5.82 Å². The second-order valence-corrected chi connectivity index (χ2v) is 9.38. The van der Waals surface area contributed by atoms with Gasteiger partial charge < -0.3 is 10.1 Å². The number of ether oxygens (including phenoxy) is 1. The Morgan fingerprint density at radius 2 is 1.85 bits per heavy atom. The second kappa shape index (κ2) is 10.3. The molecule has 0 radical (unpaired) electrons. The number of hydrogen-bond donors (Lipinski definition) is 1. The highest BCUT2D eigenvalue weighted by molar-refractivity contribution is 7.98. The van der Waals surface area contributed by atoms with Gasteiger partial charge in [0, 0.05) is 22.5 Å². The third-order valence-electron chi connectivity index (χ3n) is 5.13. The van der Waals surface area contributed by atoms with E-state index in [0.717, 1.165) is 38.9 Å². The van der Waals surface area contributed by atoms with Crippen molar-refractivity contribution in [2.75, 3.05) is 26.5 Å². The van der Waals surface area contributed by atoms with Gasteiger partial charge >= 0.3 is 0 Å². The molecule has 0 saturated heterocycles. The molecule has 2 aromatic carbocycles. The minimum absolute atomic E-state index is 0.0384. The third kappa shape index (κ3) is 5.52. The lowest BCUT2D eigenvalue weighted by Gasteiger charge is -2.20. The first-order valence-corrected chi connectivity index (χ1v) is 12.2. The van der Waals surface area contributed by atoms with Gasteiger partial charge in [0.25, 0.3) is 0 Å². The number of nitrogens with zero attached hydrogens (tertiary/aromatic N) is 5. The van der Waals surface area contributed by atoms with E-state index in [-0.39, 0.29) is 11.9 Å². The molecule has 0 aliphatic rings. The number of methoxy groups -OCH3 is 1. The number of rotatable bonds is 9. The molecule has 1 N–H and O–H groups in total. The highest BCUT2D eigenvalue weighted by atomic mass is 32.2. The molecule has 0 unspecified atom stereocenters. The van der Waals surface area contributed by atoms with E-state index in [1.54, 1.807) is 42.3 Å². The van der Waals surface area contributed by atoms with Crippen molar-refractivity contribution < 1.29 is 9.13 Å². The predicted octanol–water partition coefficient (Wildman–Crippen LogP) is 5.53. The average molecular weight is 485 g/mol. The number of hydrogen-bond acceptors (Lipinski definition) is 8. The van der Waals surface area contributed by atoms with Crippen LogP contribution in [0.4, 0.5) is 15.2 Å². The SMILES string of the molecule is COc1ccc(Nc2nc(CSc3nnc([C@@H](C)N(C)C)n3-c3ccc(F)cc3)cs2)cc1. The zero-order valence-corrected chi connectivity index (χ0v) is 20.5. The summed E-state index contributed by atoms with van der Waals surface area (Å²) in [5, 5.41) is 15.8. The fourth-order valence-corrected chi connectivity index (χ4v) is 4.76. The molecule has 0 bridgehead atoms. The van der Waals surface area contributed by atoms with Crippen LogP contribution in [0.1, 0.15) is 24.5 Å². The van der Waals surface area contributed by atoms with Gasteiger partial charge in [-0.2, -0.15) is 0 Å². The zero-order chi connectivity index (χ0) is 23.4. The van der Waals surface area contributed by atoms with Gasteiger partial charge in [-0.05, 0) is 69.6 Å². The molecule has 0 aliphatic carbocycles. The maximum absolute atomic E-state index is 13.5. The smallest absolute Gasteiger partial charge is 0.196 e. The summed E-state index contributed by atoms with van der Waals surface area (Å²) in [6.45, 7) is 2.07. The van der Waals surface area contributed by atoms with Gasteiger partial charge in [0.2, 0.25) is 0 Å². The van der Waals surface area contributed by atoms with Crippen LogP contribution in [0.15, 0.2) is 59.1 Å². The van der Waals surface area contributed by atoms with E-state index in [1.807, 2.05) is 48.3 Å². The van der Waals surface area contributed by atoms with Crippen LogP contribution in [-0.4, -0.2) is 45.9 Å². The maximum Gasteiger partial charge on any atom is 0.196 e. The van der Waals surface area contributed by atoms with Crippen LogP contribution in [0.2, 0.25) is 0 Å². The topological polar surface area (TPSA) is 68.1 Å². The van der Waals surface area contributed by atoms with Crippen LogP contribution in [0.5, 0.6) is 5.75 Å². The summed E-state index contributed by atoms with van der Waals surface area (Å²) in [6, 6.07) is 14.1. The van der Waals surface area contributed by atoms with Crippen LogP contribution >= 0.6 is 23.1 Å². The van der Waals surface area contributed by atoms with E-state index in [4.69, 9.17) is 4.74 Å². The Bertz CT molecular complexity index is 1190. The summed E-state index contributed by atoms with van der Waals surface area (Å²) in [6.07, 6.45) is 0. The monoisotopic (exact) mass is 484 g/mol. The molecule has 33 heavy (non-hydrogen) atoms. The van der Waals surface area contributed by atoms with Gasteiger partial charge in [-0.25, -0.2) is 9.37 Å². The Kier molecular flexibility index (Phi) is 7.26. The number of halogens is 1. The number of thioether (sulfide) groups is 1. The van der Waals surface area contributed by atoms with Crippen molar-refractivity contribution in [1.82, 2.24) is 24.6 Å². The lowest BCUT2D eigenvalue weighted by atomic mass is 10.2. The second-order valence-electron chi connectivity index (χ2n) is 7.58. The molecule has 0 saturated carbocycles. The van der Waals surface area contributed by atoms with E-state index < -0.39 is 0 Å². The highest BCUT2D eigenvalue weighted by Gasteiger charge is 2.21. The molecule has 1 atom stereocenters. The Balaban J connectivity index is 1.50. The quantitative estimate of drug-likeness (QED) is 0.313. The van der Waals surface area contributed by atoms with E-state index in [0.29, 0.717) is 5.75 Å². The average Bonchev–Trinajstić information content (AvgIpc) is 3.45. The van der Waals surface area contributed by atoms with E-state index in [1.165, 1.54) is 12.1 Å². The summed E-state index contributed by atoms with van der Waals surface area (Å²) >= 11 is 3.10. The molecule has 10 heteroatoms. The molecular weight excluding hydrogens is 459 g/mol. The van der Waals surface area contributed by atoms with Crippen molar-refractivity contribution in [3.8, 4) is 11.4 Å². The van der Waals surface area contributed by atoms with Crippen molar-refractivity contribution in [2.45, 2.75) is 23.9 Å². The van der Waals surface area contributed by atoms with Crippen molar-refractivity contribution in [2.24, 2.45) is 0 Å². The van der Waals surface area contributed by atoms with Gasteiger partial charge in [0.1, 0.15) is 11.6 Å². The van der Waals surface area contributed by atoms with Crippen LogP contribution in [-0.2, 0) is 5.75 Å². The largest absolute Gasteiger partial charge is 0.497 e. The highest BCUT2D eigenvalue weighted by Crippen LogP contribution is 2.30. The van der Waals surface area contributed by atoms with Gasteiger partial charge in [-0.15, -0.1) is 21.5 Å². The minimum Gasteiger partial charge on any atom is -0.497 e. The first-order chi connectivity index (χ1) is 15.9. The third-order valence-corrected chi connectivity index (χ3v) is 6.90. The molecule has 7 nitrogen and oxygen atoms in total. The van der Waals surface area contributed by atoms with E-state index in [2.05, 4.69) is 32.3 Å². The Morgan fingerprint density at radius 1 is 1.12 bits per heavy atom. The fraction of sp³-hybridized carbons (Fsp3) is 0.261. The summed E-state index contributed by atoms with van der Waals surface area (Å²) in [5.74, 6) is 1.97. The van der Waals surface area contributed by atoms with Crippen molar-refractivity contribution >= 4 is 33.9 Å². The summed E-state index contributed by atoms with van der Waals surface area (Å²) in [7, 11) is 5.63. The number of anilines is 2. The van der Waals surface area contributed by atoms with Gasteiger partial charge in [0.15, 0.2) is 16.1 Å². The van der Waals surface area contributed by atoms with Crippen LogP contribution in [0.25, 0.3) is 5.69 Å². The predicted molar refractivity (Wildman–Crippen MR) is 131 cm³/mol.